The number of oxime groups is 1. The Morgan fingerprint density at radius 3 is 3.09 bits per heavy atom. The molecule has 23 heavy (non-hydrogen) atoms. The molecule has 1 N–H and O–H groups in total. The number of hydrogen-bond acceptors (Lipinski definition) is 5. The average Bonchev–Trinajstić information content (AvgIpc) is 2.98. The van der Waals surface area contributed by atoms with Crippen molar-refractivity contribution in [1.29, 1.82) is 0 Å². The van der Waals surface area contributed by atoms with Crippen LogP contribution in [0.2, 0.25) is 0 Å². The zero-order valence-electron chi connectivity index (χ0n) is 13.1. The molecular weight excluding hydrogens is 296 g/mol. The highest BCUT2D eigenvalue weighted by molar-refractivity contribution is 6.43. The number of pyridine rings is 1. The number of piperidine rings is 1. The van der Waals surface area contributed by atoms with Crippen molar-refractivity contribution in [2.75, 3.05) is 18.4 Å². The number of hydrogen-bond donors (Lipinski definition) is 1. The minimum atomic E-state index is -0.551. The van der Waals surface area contributed by atoms with Crippen molar-refractivity contribution in [3.8, 4) is 0 Å². The van der Waals surface area contributed by atoms with E-state index in [0.29, 0.717) is 30.8 Å². The standard InChI is InChI=1S/C16H20N4O3/c1-2-14(21)20-8-4-6-16(11-20)9-13(19-23-16)15(22)18-12-5-3-7-17-10-12/h3,5,7,10H,2,4,6,8-9,11H2,1H3,(H,18,22). The fraction of sp³-hybridized carbons (Fsp3) is 0.500. The van der Waals surface area contributed by atoms with Gasteiger partial charge in [-0.2, -0.15) is 0 Å². The van der Waals surface area contributed by atoms with Gasteiger partial charge in [0, 0.05) is 25.6 Å². The first-order valence-corrected chi connectivity index (χ1v) is 7.86. The van der Waals surface area contributed by atoms with E-state index in [4.69, 9.17) is 4.84 Å². The zero-order valence-corrected chi connectivity index (χ0v) is 13.1. The number of carbonyl (C=O) groups is 2. The largest absolute Gasteiger partial charge is 0.386 e. The second-order valence-corrected chi connectivity index (χ2v) is 5.96. The molecule has 0 aliphatic carbocycles. The number of aromatic nitrogens is 1. The quantitative estimate of drug-likeness (QED) is 0.917. The predicted octanol–water partition coefficient (Wildman–Crippen LogP) is 1.57. The van der Waals surface area contributed by atoms with Gasteiger partial charge >= 0.3 is 0 Å². The van der Waals surface area contributed by atoms with Crippen molar-refractivity contribution in [1.82, 2.24) is 9.88 Å². The fourth-order valence-electron chi connectivity index (χ4n) is 3.04. The van der Waals surface area contributed by atoms with Gasteiger partial charge < -0.3 is 15.1 Å². The highest BCUT2D eigenvalue weighted by Gasteiger charge is 2.45. The van der Waals surface area contributed by atoms with Gasteiger partial charge in [0.15, 0.2) is 5.60 Å². The Hall–Kier alpha value is -2.44. The monoisotopic (exact) mass is 316 g/mol. The van der Waals surface area contributed by atoms with E-state index in [-0.39, 0.29) is 11.8 Å². The van der Waals surface area contributed by atoms with Gasteiger partial charge in [0.2, 0.25) is 5.91 Å². The molecule has 3 heterocycles. The topological polar surface area (TPSA) is 83.9 Å². The van der Waals surface area contributed by atoms with Crippen LogP contribution in [-0.4, -0.2) is 46.1 Å². The van der Waals surface area contributed by atoms with E-state index in [9.17, 15) is 9.59 Å². The van der Waals surface area contributed by atoms with Crippen molar-refractivity contribution in [3.05, 3.63) is 24.5 Å². The third-order valence-corrected chi connectivity index (χ3v) is 4.22. The molecule has 0 saturated carbocycles. The summed E-state index contributed by atoms with van der Waals surface area (Å²) in [4.78, 5) is 35.6. The molecule has 3 rings (SSSR count). The molecule has 1 atom stereocenters. The first kappa shape index (κ1) is 15.5. The predicted molar refractivity (Wildman–Crippen MR) is 84.8 cm³/mol. The Bertz CT molecular complexity index is 631. The van der Waals surface area contributed by atoms with Gasteiger partial charge in [-0.05, 0) is 25.0 Å². The Labute approximate surface area is 134 Å². The Balaban J connectivity index is 1.63. The van der Waals surface area contributed by atoms with Crippen LogP contribution in [-0.2, 0) is 14.4 Å². The molecule has 0 radical (unpaired) electrons. The number of amides is 2. The van der Waals surface area contributed by atoms with E-state index in [1.54, 1.807) is 29.4 Å². The van der Waals surface area contributed by atoms with E-state index in [1.165, 1.54) is 0 Å². The maximum Gasteiger partial charge on any atom is 0.273 e. The summed E-state index contributed by atoms with van der Waals surface area (Å²) in [5.41, 5.74) is 0.428. The molecule has 1 spiro atoms. The summed E-state index contributed by atoms with van der Waals surface area (Å²) >= 11 is 0. The molecule has 1 aromatic rings. The van der Waals surface area contributed by atoms with Gasteiger partial charge in [-0.1, -0.05) is 12.1 Å². The van der Waals surface area contributed by atoms with Crippen molar-refractivity contribution in [3.63, 3.8) is 0 Å². The molecule has 122 valence electrons. The second-order valence-electron chi connectivity index (χ2n) is 5.96. The summed E-state index contributed by atoms with van der Waals surface area (Å²) in [6.07, 6.45) is 5.78. The first-order valence-electron chi connectivity index (χ1n) is 7.86. The van der Waals surface area contributed by atoms with Gasteiger partial charge in [0.25, 0.3) is 5.91 Å². The van der Waals surface area contributed by atoms with E-state index < -0.39 is 5.60 Å². The van der Waals surface area contributed by atoms with Crippen molar-refractivity contribution in [2.45, 2.75) is 38.2 Å². The molecule has 0 bridgehead atoms. The van der Waals surface area contributed by atoms with E-state index in [0.717, 1.165) is 19.4 Å². The number of nitrogens with zero attached hydrogens (tertiary/aromatic N) is 3. The molecule has 1 unspecified atom stereocenters. The average molecular weight is 316 g/mol. The van der Waals surface area contributed by atoms with Crippen molar-refractivity contribution in [2.24, 2.45) is 5.16 Å². The van der Waals surface area contributed by atoms with Crippen LogP contribution < -0.4 is 5.32 Å². The lowest BCUT2D eigenvalue weighted by Crippen LogP contribution is -2.50. The van der Waals surface area contributed by atoms with Crippen LogP contribution in [0.5, 0.6) is 0 Å². The van der Waals surface area contributed by atoms with Crippen LogP contribution in [0.25, 0.3) is 0 Å². The summed E-state index contributed by atoms with van der Waals surface area (Å²) in [6.45, 7) is 3.09. The molecule has 7 nitrogen and oxygen atoms in total. The number of rotatable bonds is 3. The molecule has 0 aromatic carbocycles. The van der Waals surface area contributed by atoms with E-state index in [1.807, 2.05) is 6.92 Å². The lowest BCUT2D eigenvalue weighted by molar-refractivity contribution is -0.140. The first-order chi connectivity index (χ1) is 11.1. The zero-order chi connectivity index (χ0) is 16.3. The summed E-state index contributed by atoms with van der Waals surface area (Å²) in [5, 5.41) is 6.73. The summed E-state index contributed by atoms with van der Waals surface area (Å²) in [5.74, 6) is -0.172. The number of anilines is 1. The third kappa shape index (κ3) is 3.33. The van der Waals surface area contributed by atoms with E-state index >= 15 is 0 Å². The van der Waals surface area contributed by atoms with Crippen LogP contribution in [0.15, 0.2) is 29.7 Å². The number of likely N-dealkylation sites (tertiary alicyclic amines) is 1. The van der Waals surface area contributed by atoms with Crippen molar-refractivity contribution < 1.29 is 14.4 Å². The van der Waals surface area contributed by atoms with Crippen LogP contribution in [0.4, 0.5) is 5.69 Å². The lowest BCUT2D eigenvalue weighted by atomic mass is 9.88. The normalized spacial score (nSPS) is 23.3. The van der Waals surface area contributed by atoms with Gasteiger partial charge in [-0.15, -0.1) is 0 Å². The highest BCUT2D eigenvalue weighted by atomic mass is 16.7. The minimum Gasteiger partial charge on any atom is -0.386 e. The van der Waals surface area contributed by atoms with Crippen LogP contribution >= 0.6 is 0 Å². The van der Waals surface area contributed by atoms with Crippen LogP contribution in [0, 0.1) is 0 Å². The molecule has 7 heteroatoms. The van der Waals surface area contributed by atoms with Gasteiger partial charge in [0.05, 0.1) is 18.4 Å². The fourth-order valence-corrected chi connectivity index (χ4v) is 3.04. The third-order valence-electron chi connectivity index (χ3n) is 4.22. The Morgan fingerprint density at radius 2 is 2.35 bits per heavy atom. The van der Waals surface area contributed by atoms with E-state index in [2.05, 4.69) is 15.5 Å². The summed E-state index contributed by atoms with van der Waals surface area (Å²) in [6, 6.07) is 3.51. The molecular formula is C16H20N4O3. The number of nitrogens with one attached hydrogen (secondary N) is 1. The SMILES string of the molecule is CCC(=O)N1CCCC2(CC(C(=O)Nc3cccnc3)=NO2)C1. The highest BCUT2D eigenvalue weighted by Crippen LogP contribution is 2.33. The maximum absolute atomic E-state index is 12.3. The Kier molecular flexibility index (Phi) is 4.27. The minimum absolute atomic E-state index is 0.112. The Morgan fingerprint density at radius 1 is 1.48 bits per heavy atom. The maximum atomic E-state index is 12.3. The molecule has 2 aliphatic heterocycles. The smallest absolute Gasteiger partial charge is 0.273 e. The lowest BCUT2D eigenvalue weighted by Gasteiger charge is -2.38. The number of carbonyl (C=O) groups excluding carboxylic acids is 2. The van der Waals surface area contributed by atoms with Crippen LogP contribution in [0.1, 0.15) is 32.6 Å². The molecule has 1 fully saturated rings. The molecule has 1 saturated heterocycles. The molecule has 2 amide bonds. The van der Waals surface area contributed by atoms with Gasteiger partial charge in [-0.25, -0.2) is 0 Å². The summed E-state index contributed by atoms with van der Waals surface area (Å²) < 4.78 is 0. The summed E-state index contributed by atoms with van der Waals surface area (Å²) in [7, 11) is 0. The van der Waals surface area contributed by atoms with Crippen LogP contribution in [0.3, 0.4) is 0 Å². The molecule has 1 aromatic heterocycles. The van der Waals surface area contributed by atoms with Crippen molar-refractivity contribution >= 4 is 23.2 Å². The van der Waals surface area contributed by atoms with Gasteiger partial charge in [-0.3, -0.25) is 14.6 Å². The second kappa shape index (κ2) is 6.36. The molecule has 2 aliphatic rings. The van der Waals surface area contributed by atoms with Gasteiger partial charge in [0.1, 0.15) is 5.71 Å².